The van der Waals surface area contributed by atoms with E-state index in [2.05, 4.69) is 0 Å². The lowest BCUT2D eigenvalue weighted by atomic mass is 10.2. The van der Waals surface area contributed by atoms with Gasteiger partial charge in [-0.1, -0.05) is 23.7 Å². The van der Waals surface area contributed by atoms with Crippen LogP contribution in [0.2, 0.25) is 5.02 Å². The van der Waals surface area contributed by atoms with Crippen molar-refractivity contribution < 1.29 is 14.6 Å². The van der Waals surface area contributed by atoms with E-state index >= 15 is 0 Å². The molecule has 0 atom stereocenters. The Morgan fingerprint density at radius 1 is 1.53 bits per heavy atom. The summed E-state index contributed by atoms with van der Waals surface area (Å²) in [7, 11) is 0. The average molecular weight is 284 g/mol. The summed E-state index contributed by atoms with van der Waals surface area (Å²) in [6, 6.07) is 5.53. The maximum absolute atomic E-state index is 12.0. The fourth-order valence-corrected chi connectivity index (χ4v) is 2.33. The van der Waals surface area contributed by atoms with Gasteiger partial charge in [0.25, 0.3) is 5.91 Å². The van der Waals surface area contributed by atoms with Crippen LogP contribution in [0.25, 0.3) is 0 Å². The van der Waals surface area contributed by atoms with Crippen molar-refractivity contribution in [3.05, 3.63) is 28.8 Å². The Hall–Kier alpha value is -1.26. The van der Waals surface area contributed by atoms with Gasteiger partial charge in [0, 0.05) is 18.2 Å². The van der Waals surface area contributed by atoms with Gasteiger partial charge < -0.3 is 14.7 Å². The van der Waals surface area contributed by atoms with E-state index in [0.29, 0.717) is 28.9 Å². The number of para-hydroxylation sites is 1. The molecular weight excluding hydrogens is 266 g/mol. The van der Waals surface area contributed by atoms with Crippen molar-refractivity contribution in [1.82, 2.24) is 4.90 Å². The van der Waals surface area contributed by atoms with Crippen molar-refractivity contribution in [1.29, 1.82) is 0 Å². The molecule has 0 aliphatic heterocycles. The van der Waals surface area contributed by atoms with E-state index in [1.807, 2.05) is 11.8 Å². The number of amides is 1. The summed E-state index contributed by atoms with van der Waals surface area (Å²) < 4.78 is 5.50. The van der Waals surface area contributed by atoms with Crippen molar-refractivity contribution in [2.75, 3.05) is 13.2 Å². The molecule has 2 rings (SSSR count). The minimum atomic E-state index is -0.162. The lowest BCUT2D eigenvalue weighted by molar-refractivity contribution is -0.133. The summed E-state index contributed by atoms with van der Waals surface area (Å²) in [6.45, 7) is 2.46. The number of nitrogens with zero attached hydrogens (tertiary/aromatic N) is 1. The summed E-state index contributed by atoms with van der Waals surface area (Å²) >= 11 is 6.02. The minimum Gasteiger partial charge on any atom is -0.482 e. The van der Waals surface area contributed by atoms with Gasteiger partial charge in [0.05, 0.1) is 11.6 Å². The first-order chi connectivity index (χ1) is 9.17. The second kappa shape index (κ2) is 6.26. The smallest absolute Gasteiger partial charge is 0.260 e. The maximum atomic E-state index is 12.0. The molecule has 0 spiro atoms. The average Bonchev–Trinajstić information content (AvgIpc) is 3.22. The molecule has 4 nitrogen and oxygen atoms in total. The zero-order valence-corrected chi connectivity index (χ0v) is 11.7. The van der Waals surface area contributed by atoms with Gasteiger partial charge >= 0.3 is 0 Å². The van der Waals surface area contributed by atoms with Crippen LogP contribution in [0.15, 0.2) is 18.2 Å². The molecule has 1 fully saturated rings. The topological polar surface area (TPSA) is 49.8 Å². The third-order valence-corrected chi connectivity index (χ3v) is 3.51. The van der Waals surface area contributed by atoms with Gasteiger partial charge in [-0.05, 0) is 25.8 Å². The standard InChI is InChI=1S/C14H18ClNO3/c1-2-16(11-6-7-11)13(18)9-19-14-10(8-17)4-3-5-12(14)15/h3-5,11,17H,2,6-9H2,1H3. The molecule has 1 N–H and O–H groups in total. The molecule has 1 aliphatic carbocycles. The number of carbonyl (C=O) groups is 1. The largest absolute Gasteiger partial charge is 0.482 e. The lowest BCUT2D eigenvalue weighted by Gasteiger charge is -2.21. The van der Waals surface area contributed by atoms with Crippen LogP contribution in [0.4, 0.5) is 0 Å². The van der Waals surface area contributed by atoms with Crippen LogP contribution in [0, 0.1) is 0 Å². The zero-order valence-electron chi connectivity index (χ0n) is 10.9. The molecule has 19 heavy (non-hydrogen) atoms. The highest BCUT2D eigenvalue weighted by atomic mass is 35.5. The molecule has 0 aromatic heterocycles. The van der Waals surface area contributed by atoms with Gasteiger partial charge in [-0.3, -0.25) is 4.79 Å². The molecule has 0 unspecified atom stereocenters. The van der Waals surface area contributed by atoms with Crippen molar-refractivity contribution in [3.63, 3.8) is 0 Å². The molecular formula is C14H18ClNO3. The molecule has 0 heterocycles. The summed E-state index contributed by atoms with van der Waals surface area (Å²) in [5.74, 6) is 0.362. The molecule has 1 aromatic carbocycles. The molecule has 0 radical (unpaired) electrons. The SMILES string of the molecule is CCN(C(=O)COc1c(Cl)cccc1CO)C1CC1. The van der Waals surface area contributed by atoms with E-state index in [9.17, 15) is 9.90 Å². The molecule has 1 aliphatic rings. The van der Waals surface area contributed by atoms with E-state index in [4.69, 9.17) is 16.3 Å². The first kappa shape index (κ1) is 14.2. The summed E-state index contributed by atoms with van der Waals surface area (Å²) in [5.41, 5.74) is 0.592. The highest BCUT2D eigenvalue weighted by Gasteiger charge is 2.31. The highest BCUT2D eigenvalue weighted by Crippen LogP contribution is 2.30. The van der Waals surface area contributed by atoms with Gasteiger partial charge in [-0.15, -0.1) is 0 Å². The van der Waals surface area contributed by atoms with Crippen LogP contribution >= 0.6 is 11.6 Å². The highest BCUT2D eigenvalue weighted by molar-refractivity contribution is 6.32. The number of carbonyl (C=O) groups excluding carboxylic acids is 1. The normalized spacial score (nSPS) is 14.3. The number of aliphatic hydroxyl groups is 1. The summed E-state index contributed by atoms with van der Waals surface area (Å²) in [4.78, 5) is 13.9. The molecule has 0 saturated heterocycles. The van der Waals surface area contributed by atoms with E-state index < -0.39 is 0 Å². The van der Waals surface area contributed by atoms with E-state index in [1.165, 1.54) is 0 Å². The Kier molecular flexibility index (Phi) is 4.66. The molecule has 1 amide bonds. The quantitative estimate of drug-likeness (QED) is 0.871. The molecule has 5 heteroatoms. The second-order valence-electron chi connectivity index (χ2n) is 4.59. The van der Waals surface area contributed by atoms with Crippen molar-refractivity contribution in [3.8, 4) is 5.75 Å². The fourth-order valence-electron chi connectivity index (χ4n) is 2.08. The van der Waals surface area contributed by atoms with E-state index in [1.54, 1.807) is 18.2 Å². The Bertz CT molecular complexity index is 460. The molecule has 1 aromatic rings. The number of rotatable bonds is 6. The number of halogens is 1. The number of benzene rings is 1. The van der Waals surface area contributed by atoms with E-state index in [-0.39, 0.29) is 19.1 Å². The van der Waals surface area contributed by atoms with Gasteiger partial charge in [0.1, 0.15) is 5.75 Å². The number of likely N-dealkylation sites (N-methyl/N-ethyl adjacent to an activating group) is 1. The van der Waals surface area contributed by atoms with Crippen LogP contribution in [0.1, 0.15) is 25.3 Å². The second-order valence-corrected chi connectivity index (χ2v) is 4.99. The number of aliphatic hydroxyl groups excluding tert-OH is 1. The molecule has 104 valence electrons. The Balaban J connectivity index is 2.00. The Labute approximate surface area is 117 Å². The van der Waals surface area contributed by atoms with Gasteiger partial charge in [-0.2, -0.15) is 0 Å². The lowest BCUT2D eigenvalue weighted by Crippen LogP contribution is -2.36. The van der Waals surface area contributed by atoms with Crippen molar-refractivity contribution >= 4 is 17.5 Å². The van der Waals surface area contributed by atoms with E-state index in [0.717, 1.165) is 12.8 Å². The molecule has 0 bridgehead atoms. The molecule has 1 saturated carbocycles. The predicted molar refractivity (Wildman–Crippen MR) is 73.3 cm³/mol. The van der Waals surface area contributed by atoms with Crippen LogP contribution < -0.4 is 4.74 Å². The van der Waals surface area contributed by atoms with Crippen LogP contribution in [0.3, 0.4) is 0 Å². The Morgan fingerprint density at radius 2 is 2.26 bits per heavy atom. The van der Waals surface area contributed by atoms with Crippen molar-refractivity contribution in [2.45, 2.75) is 32.4 Å². The van der Waals surface area contributed by atoms with Gasteiger partial charge in [0.15, 0.2) is 6.61 Å². The monoisotopic (exact) mass is 283 g/mol. The van der Waals surface area contributed by atoms with Crippen LogP contribution in [0.5, 0.6) is 5.75 Å². The first-order valence-electron chi connectivity index (χ1n) is 6.47. The van der Waals surface area contributed by atoms with Gasteiger partial charge in [-0.25, -0.2) is 0 Å². The zero-order chi connectivity index (χ0) is 13.8. The van der Waals surface area contributed by atoms with Gasteiger partial charge in [0.2, 0.25) is 0 Å². The summed E-state index contributed by atoms with van der Waals surface area (Å²) in [5, 5.41) is 9.64. The van der Waals surface area contributed by atoms with Crippen molar-refractivity contribution in [2.24, 2.45) is 0 Å². The first-order valence-corrected chi connectivity index (χ1v) is 6.85. The third-order valence-electron chi connectivity index (χ3n) is 3.21. The minimum absolute atomic E-state index is 0.0335. The third kappa shape index (κ3) is 3.39. The maximum Gasteiger partial charge on any atom is 0.260 e. The van der Waals surface area contributed by atoms with Crippen LogP contribution in [-0.4, -0.2) is 35.1 Å². The van der Waals surface area contributed by atoms with Crippen LogP contribution in [-0.2, 0) is 11.4 Å². The number of ether oxygens (including phenoxy) is 1. The fraction of sp³-hybridized carbons (Fsp3) is 0.500. The number of hydrogen-bond acceptors (Lipinski definition) is 3. The predicted octanol–water partition coefficient (Wildman–Crippen LogP) is 2.22. The number of hydrogen-bond donors (Lipinski definition) is 1. The Morgan fingerprint density at radius 3 is 2.84 bits per heavy atom. The summed E-state index contributed by atoms with van der Waals surface area (Å²) in [6.07, 6.45) is 2.15.